The molecule has 0 atom stereocenters. The summed E-state index contributed by atoms with van der Waals surface area (Å²) in [6.07, 6.45) is 2.98. The normalized spacial score (nSPS) is 11.2. The fraction of sp³-hybridized carbons (Fsp3) is 0.105. The highest BCUT2D eigenvalue weighted by molar-refractivity contribution is 6.05. The smallest absolute Gasteiger partial charge is 0.333 e. The summed E-state index contributed by atoms with van der Waals surface area (Å²) in [5.41, 5.74) is 2.24. The Balaban J connectivity index is 2.09. The molecular formula is C19H16N2O3. The summed E-state index contributed by atoms with van der Waals surface area (Å²) in [5.74, 6) is -0.499. The fourth-order valence-electron chi connectivity index (χ4n) is 2.65. The van der Waals surface area contributed by atoms with Crippen LogP contribution in [0.15, 0.2) is 54.6 Å². The Hall–Kier alpha value is -3.21. The van der Waals surface area contributed by atoms with Crippen molar-refractivity contribution in [3.8, 4) is 0 Å². The molecule has 0 bridgehead atoms. The molecule has 0 unspecified atom stereocenters. The van der Waals surface area contributed by atoms with Crippen LogP contribution in [-0.4, -0.2) is 5.78 Å². The van der Waals surface area contributed by atoms with E-state index in [-0.39, 0.29) is 22.4 Å². The van der Waals surface area contributed by atoms with Gasteiger partial charge in [-0.1, -0.05) is 42.5 Å². The first-order chi connectivity index (χ1) is 11.5. The van der Waals surface area contributed by atoms with Crippen LogP contribution in [0.25, 0.3) is 17.1 Å². The standard InChI is InChI=1S/C19H16N2O3/c1-13-7-3-4-8-15(13)11-12-18(22)19-14(2)20(23)16-9-5-6-10-17(16)21(19)24/h3-12H,1-2H3. The zero-order valence-electron chi connectivity index (χ0n) is 13.4. The molecular weight excluding hydrogens is 304 g/mol. The van der Waals surface area contributed by atoms with E-state index in [1.807, 2.05) is 31.2 Å². The average Bonchev–Trinajstić information content (AvgIpc) is 2.59. The van der Waals surface area contributed by atoms with E-state index in [1.54, 1.807) is 24.3 Å². The van der Waals surface area contributed by atoms with Gasteiger partial charge in [0.2, 0.25) is 0 Å². The second-order valence-electron chi connectivity index (χ2n) is 5.57. The number of aryl methyl sites for hydroxylation is 1. The summed E-state index contributed by atoms with van der Waals surface area (Å²) in [6.45, 7) is 3.41. The molecule has 0 saturated carbocycles. The third-order valence-corrected chi connectivity index (χ3v) is 4.01. The summed E-state index contributed by atoms with van der Waals surface area (Å²) in [5, 5.41) is 24.9. The van der Waals surface area contributed by atoms with Crippen molar-refractivity contribution < 1.29 is 14.3 Å². The topological polar surface area (TPSA) is 71.0 Å². The predicted molar refractivity (Wildman–Crippen MR) is 91.1 cm³/mol. The Kier molecular flexibility index (Phi) is 4.00. The summed E-state index contributed by atoms with van der Waals surface area (Å²) in [6, 6.07) is 14.0. The van der Waals surface area contributed by atoms with E-state index in [2.05, 4.69) is 0 Å². The minimum atomic E-state index is -0.499. The van der Waals surface area contributed by atoms with Gasteiger partial charge in [-0.25, -0.2) is 0 Å². The lowest BCUT2D eigenvalue weighted by molar-refractivity contribution is -0.635. The van der Waals surface area contributed by atoms with Crippen molar-refractivity contribution in [3.63, 3.8) is 0 Å². The molecule has 0 radical (unpaired) electrons. The van der Waals surface area contributed by atoms with Gasteiger partial charge in [0, 0.05) is 19.1 Å². The van der Waals surface area contributed by atoms with E-state index in [1.165, 1.54) is 19.1 Å². The Labute approximate surface area is 139 Å². The molecule has 0 amide bonds. The molecule has 5 nitrogen and oxygen atoms in total. The molecule has 1 aromatic heterocycles. The number of benzene rings is 2. The molecule has 0 N–H and O–H groups in total. The highest BCUT2D eigenvalue weighted by Gasteiger charge is 2.28. The molecule has 24 heavy (non-hydrogen) atoms. The van der Waals surface area contributed by atoms with Crippen LogP contribution in [0.4, 0.5) is 0 Å². The van der Waals surface area contributed by atoms with Crippen molar-refractivity contribution >= 4 is 22.9 Å². The maximum atomic E-state index is 12.5. The third kappa shape index (κ3) is 2.60. The quantitative estimate of drug-likeness (QED) is 0.322. The first-order valence-electron chi connectivity index (χ1n) is 7.53. The highest BCUT2D eigenvalue weighted by atomic mass is 16.5. The van der Waals surface area contributed by atoms with Crippen LogP contribution in [0.3, 0.4) is 0 Å². The molecule has 120 valence electrons. The lowest BCUT2D eigenvalue weighted by Crippen LogP contribution is -2.46. The monoisotopic (exact) mass is 320 g/mol. The van der Waals surface area contributed by atoms with Crippen molar-refractivity contribution in [2.75, 3.05) is 0 Å². The lowest BCUT2D eigenvalue weighted by atomic mass is 10.1. The molecule has 0 aliphatic heterocycles. The minimum absolute atomic E-state index is 0.0862. The predicted octanol–water partition coefficient (Wildman–Crippen LogP) is 2.62. The fourth-order valence-corrected chi connectivity index (χ4v) is 2.65. The second-order valence-corrected chi connectivity index (χ2v) is 5.57. The van der Waals surface area contributed by atoms with Crippen LogP contribution in [0.1, 0.15) is 27.3 Å². The zero-order valence-corrected chi connectivity index (χ0v) is 13.4. The van der Waals surface area contributed by atoms with E-state index < -0.39 is 5.78 Å². The van der Waals surface area contributed by atoms with Crippen LogP contribution in [0.2, 0.25) is 0 Å². The van der Waals surface area contributed by atoms with Gasteiger partial charge in [0.25, 0.3) is 22.5 Å². The first kappa shape index (κ1) is 15.7. The molecule has 2 aromatic carbocycles. The summed E-state index contributed by atoms with van der Waals surface area (Å²) in [4.78, 5) is 12.5. The number of carbonyl (C=O) groups is 1. The number of nitrogens with zero attached hydrogens (tertiary/aromatic N) is 2. The van der Waals surface area contributed by atoms with Crippen LogP contribution in [-0.2, 0) is 0 Å². The molecule has 0 fully saturated rings. The maximum Gasteiger partial charge on any atom is 0.333 e. The number of ketones is 1. The van der Waals surface area contributed by atoms with E-state index in [4.69, 9.17) is 0 Å². The van der Waals surface area contributed by atoms with Crippen molar-refractivity contribution in [2.45, 2.75) is 13.8 Å². The van der Waals surface area contributed by atoms with Gasteiger partial charge in [-0.15, -0.1) is 0 Å². The van der Waals surface area contributed by atoms with Crippen molar-refractivity contribution in [1.82, 2.24) is 0 Å². The number of para-hydroxylation sites is 2. The van der Waals surface area contributed by atoms with Crippen LogP contribution in [0.5, 0.6) is 0 Å². The molecule has 3 aromatic rings. The number of fused-ring (bicyclic) bond motifs is 1. The summed E-state index contributed by atoms with van der Waals surface area (Å²) in [7, 11) is 0. The summed E-state index contributed by atoms with van der Waals surface area (Å²) >= 11 is 0. The average molecular weight is 320 g/mol. The molecule has 0 spiro atoms. The number of rotatable bonds is 3. The third-order valence-electron chi connectivity index (χ3n) is 4.01. The Morgan fingerprint density at radius 1 is 0.917 bits per heavy atom. The number of allylic oxidation sites excluding steroid dienone is 1. The van der Waals surface area contributed by atoms with Gasteiger partial charge in [0.15, 0.2) is 0 Å². The molecule has 1 heterocycles. The number of carbonyl (C=O) groups excluding carboxylic acids is 1. The van der Waals surface area contributed by atoms with E-state index >= 15 is 0 Å². The SMILES string of the molecule is Cc1ccccc1C=CC(=O)c1c(C)[n+]([O-])c2ccccc2[n+]1[O-]. The first-order valence-corrected chi connectivity index (χ1v) is 7.53. The van der Waals surface area contributed by atoms with E-state index in [9.17, 15) is 15.2 Å². The van der Waals surface area contributed by atoms with Gasteiger partial charge in [-0.05, 0) is 24.1 Å². The summed E-state index contributed by atoms with van der Waals surface area (Å²) < 4.78 is 1.15. The largest absolute Gasteiger partial charge is 0.618 e. The van der Waals surface area contributed by atoms with E-state index in [0.29, 0.717) is 9.46 Å². The Morgan fingerprint density at radius 3 is 2.17 bits per heavy atom. The van der Waals surface area contributed by atoms with Gasteiger partial charge in [-0.2, -0.15) is 9.46 Å². The zero-order chi connectivity index (χ0) is 17.3. The molecule has 0 aliphatic rings. The van der Waals surface area contributed by atoms with Gasteiger partial charge in [0.1, 0.15) is 0 Å². The van der Waals surface area contributed by atoms with Crippen LogP contribution < -0.4 is 9.46 Å². The highest BCUT2D eigenvalue weighted by Crippen LogP contribution is 2.12. The minimum Gasteiger partial charge on any atom is -0.618 e. The van der Waals surface area contributed by atoms with Gasteiger partial charge in [0.05, 0.1) is 0 Å². The van der Waals surface area contributed by atoms with Gasteiger partial charge in [-0.3, -0.25) is 4.79 Å². The Morgan fingerprint density at radius 2 is 1.50 bits per heavy atom. The molecule has 0 aliphatic carbocycles. The maximum absolute atomic E-state index is 12.5. The van der Waals surface area contributed by atoms with Crippen molar-refractivity contribution in [3.05, 3.63) is 87.5 Å². The number of aromatic nitrogens is 2. The van der Waals surface area contributed by atoms with Crippen molar-refractivity contribution in [1.29, 1.82) is 0 Å². The van der Waals surface area contributed by atoms with Gasteiger partial charge >= 0.3 is 5.69 Å². The number of hydrogen-bond acceptors (Lipinski definition) is 3. The number of hydrogen-bond donors (Lipinski definition) is 0. The molecule has 5 heteroatoms. The van der Waals surface area contributed by atoms with Gasteiger partial charge < -0.3 is 10.4 Å². The van der Waals surface area contributed by atoms with Crippen LogP contribution in [0, 0.1) is 24.3 Å². The lowest BCUT2D eigenvalue weighted by Gasteiger charge is -2.09. The molecule has 0 saturated heterocycles. The Bertz CT molecular complexity index is 978. The molecule has 3 rings (SSSR count). The second kappa shape index (κ2) is 6.12. The van der Waals surface area contributed by atoms with Crippen LogP contribution >= 0.6 is 0 Å². The van der Waals surface area contributed by atoms with E-state index in [0.717, 1.165) is 11.1 Å². The van der Waals surface area contributed by atoms with Crippen molar-refractivity contribution in [2.24, 2.45) is 0 Å².